The van der Waals surface area contributed by atoms with Crippen LogP contribution in [0.5, 0.6) is 0 Å². The van der Waals surface area contributed by atoms with Crippen LogP contribution in [-0.2, 0) is 4.79 Å². The van der Waals surface area contributed by atoms with Crippen LogP contribution in [0.15, 0.2) is 0 Å². The lowest BCUT2D eigenvalue weighted by atomic mass is 10.1. The Hall–Kier alpha value is -0.370. The molecule has 0 amide bonds. The van der Waals surface area contributed by atoms with Gasteiger partial charge in [-0.3, -0.25) is 4.79 Å². The lowest BCUT2D eigenvalue weighted by Crippen LogP contribution is -2.08. The molecule has 0 aromatic carbocycles. The molecule has 0 aliphatic heterocycles. The van der Waals surface area contributed by atoms with Crippen LogP contribution in [0.2, 0.25) is 0 Å². The fourth-order valence-electron chi connectivity index (χ4n) is 0.805. The van der Waals surface area contributed by atoms with Crippen LogP contribution >= 0.6 is 0 Å². The predicted molar refractivity (Wildman–Crippen MR) is 40.8 cm³/mol. The van der Waals surface area contributed by atoms with Gasteiger partial charge in [0.2, 0.25) is 0 Å². The van der Waals surface area contributed by atoms with E-state index in [0.717, 1.165) is 12.8 Å². The van der Waals surface area contributed by atoms with Crippen LogP contribution in [0.4, 0.5) is 0 Å². The molecule has 0 bridgehead atoms. The van der Waals surface area contributed by atoms with Gasteiger partial charge in [-0.15, -0.1) is 0 Å². The van der Waals surface area contributed by atoms with Gasteiger partial charge in [0.15, 0.2) is 0 Å². The zero-order valence-corrected chi connectivity index (χ0v) is 6.76. The van der Waals surface area contributed by atoms with Crippen molar-refractivity contribution in [2.24, 2.45) is 0 Å². The van der Waals surface area contributed by atoms with E-state index >= 15 is 0 Å². The summed E-state index contributed by atoms with van der Waals surface area (Å²) >= 11 is 0. The number of unbranched alkanes of at least 4 members (excludes halogenated alkanes) is 1. The van der Waals surface area contributed by atoms with Gasteiger partial charge >= 0.3 is 0 Å². The van der Waals surface area contributed by atoms with Crippen LogP contribution in [0.1, 0.15) is 39.5 Å². The number of aliphatic hydroxyl groups is 1. The van der Waals surface area contributed by atoms with Crippen LogP contribution < -0.4 is 0 Å². The van der Waals surface area contributed by atoms with Crippen molar-refractivity contribution in [3.05, 3.63) is 0 Å². The Bertz CT molecular complexity index is 97.4. The third-order valence-corrected chi connectivity index (χ3v) is 1.33. The van der Waals surface area contributed by atoms with E-state index in [9.17, 15) is 4.79 Å². The maximum atomic E-state index is 10.9. The highest BCUT2D eigenvalue weighted by Crippen LogP contribution is 2.00. The number of hydrogen-bond acceptors (Lipinski definition) is 2. The summed E-state index contributed by atoms with van der Waals surface area (Å²) in [5.74, 6) is 0.178. The molecule has 60 valence electrons. The number of rotatable bonds is 5. The number of carbonyl (C=O) groups is 1. The molecular weight excluding hydrogens is 128 g/mol. The van der Waals surface area contributed by atoms with Crippen molar-refractivity contribution in [1.82, 2.24) is 0 Å². The molecule has 1 atom stereocenters. The first-order valence-corrected chi connectivity index (χ1v) is 3.86. The first-order chi connectivity index (χ1) is 4.66. The molecule has 2 heteroatoms. The van der Waals surface area contributed by atoms with Gasteiger partial charge in [0.25, 0.3) is 0 Å². The minimum atomic E-state index is -0.468. The molecule has 0 saturated heterocycles. The Balaban J connectivity index is 3.26. The van der Waals surface area contributed by atoms with Crippen molar-refractivity contribution in [2.45, 2.75) is 45.6 Å². The maximum absolute atomic E-state index is 10.9. The van der Waals surface area contributed by atoms with Crippen molar-refractivity contribution < 1.29 is 9.90 Å². The molecule has 2 nitrogen and oxygen atoms in total. The van der Waals surface area contributed by atoms with Crippen LogP contribution in [0.25, 0.3) is 0 Å². The van der Waals surface area contributed by atoms with E-state index in [-0.39, 0.29) is 5.78 Å². The average molecular weight is 144 g/mol. The van der Waals surface area contributed by atoms with Crippen LogP contribution in [0.3, 0.4) is 0 Å². The second kappa shape index (κ2) is 5.42. The number of Topliss-reactive ketones (excluding diaryl/α,β-unsaturated/α-hetero) is 1. The summed E-state index contributed by atoms with van der Waals surface area (Å²) in [7, 11) is 0. The first-order valence-electron chi connectivity index (χ1n) is 3.86. The average Bonchev–Trinajstić information content (AvgIpc) is 1.82. The second-order valence-corrected chi connectivity index (χ2v) is 2.70. The third kappa shape index (κ3) is 5.76. The number of hydrogen-bond donors (Lipinski definition) is 1. The Morgan fingerprint density at radius 3 is 2.60 bits per heavy atom. The van der Waals surface area contributed by atoms with Gasteiger partial charge in [-0.1, -0.05) is 13.3 Å². The smallest absolute Gasteiger partial charge is 0.135 e. The van der Waals surface area contributed by atoms with E-state index in [1.807, 2.05) is 0 Å². The highest BCUT2D eigenvalue weighted by molar-refractivity contribution is 5.78. The molecule has 0 unspecified atom stereocenters. The molecule has 0 rings (SSSR count). The van der Waals surface area contributed by atoms with E-state index in [2.05, 4.69) is 6.92 Å². The molecule has 0 spiro atoms. The highest BCUT2D eigenvalue weighted by atomic mass is 16.3. The van der Waals surface area contributed by atoms with E-state index < -0.39 is 6.10 Å². The van der Waals surface area contributed by atoms with Crippen molar-refractivity contribution in [3.8, 4) is 0 Å². The molecule has 0 radical (unpaired) electrons. The molecule has 0 saturated carbocycles. The lowest BCUT2D eigenvalue weighted by molar-refractivity contribution is -0.120. The zero-order chi connectivity index (χ0) is 7.98. The minimum Gasteiger partial charge on any atom is -0.393 e. The molecule has 1 N–H and O–H groups in total. The van der Waals surface area contributed by atoms with E-state index in [4.69, 9.17) is 5.11 Å². The molecule has 0 aliphatic carbocycles. The molecule has 0 aliphatic rings. The molecule has 0 fully saturated rings. The standard InChI is InChI=1S/C8H16O2/c1-3-4-5-8(10)6-7(2)9/h7,9H,3-6H2,1-2H3/t7-/m1/s1. The van der Waals surface area contributed by atoms with E-state index in [0.29, 0.717) is 12.8 Å². The fourth-order valence-corrected chi connectivity index (χ4v) is 0.805. The summed E-state index contributed by atoms with van der Waals surface area (Å²) in [6.45, 7) is 3.69. The lowest BCUT2D eigenvalue weighted by Gasteiger charge is -2.01. The van der Waals surface area contributed by atoms with Crippen molar-refractivity contribution in [2.75, 3.05) is 0 Å². The summed E-state index contributed by atoms with van der Waals surface area (Å²) in [6.07, 6.45) is 2.47. The molecule has 10 heavy (non-hydrogen) atoms. The monoisotopic (exact) mass is 144 g/mol. The van der Waals surface area contributed by atoms with Gasteiger partial charge in [0, 0.05) is 12.8 Å². The summed E-state index contributed by atoms with van der Waals surface area (Å²) < 4.78 is 0. The summed E-state index contributed by atoms with van der Waals surface area (Å²) in [6, 6.07) is 0. The SMILES string of the molecule is CCCCC(=O)C[C@@H](C)O. The van der Waals surface area contributed by atoms with Gasteiger partial charge in [-0.2, -0.15) is 0 Å². The quantitative estimate of drug-likeness (QED) is 0.635. The minimum absolute atomic E-state index is 0.178. The topological polar surface area (TPSA) is 37.3 Å². The van der Waals surface area contributed by atoms with Crippen molar-refractivity contribution in [1.29, 1.82) is 0 Å². The van der Waals surface area contributed by atoms with Gasteiger partial charge < -0.3 is 5.11 Å². The third-order valence-electron chi connectivity index (χ3n) is 1.33. The summed E-state index contributed by atoms with van der Waals surface area (Å²) in [4.78, 5) is 10.9. The summed E-state index contributed by atoms with van der Waals surface area (Å²) in [5.41, 5.74) is 0. The fraction of sp³-hybridized carbons (Fsp3) is 0.875. The maximum Gasteiger partial charge on any atom is 0.135 e. The Morgan fingerprint density at radius 2 is 2.20 bits per heavy atom. The molecule has 0 aromatic rings. The van der Waals surface area contributed by atoms with Gasteiger partial charge in [0.05, 0.1) is 6.10 Å². The highest BCUT2D eigenvalue weighted by Gasteiger charge is 2.04. The first kappa shape index (κ1) is 9.63. The van der Waals surface area contributed by atoms with Crippen molar-refractivity contribution in [3.63, 3.8) is 0 Å². The van der Waals surface area contributed by atoms with E-state index in [1.165, 1.54) is 0 Å². The molecule has 0 aromatic heterocycles. The Morgan fingerprint density at radius 1 is 1.60 bits per heavy atom. The normalized spacial score (nSPS) is 13.1. The largest absolute Gasteiger partial charge is 0.393 e. The molecule has 0 heterocycles. The van der Waals surface area contributed by atoms with Crippen LogP contribution in [0, 0.1) is 0 Å². The predicted octanol–water partition coefficient (Wildman–Crippen LogP) is 1.52. The molecular formula is C8H16O2. The number of aliphatic hydroxyl groups excluding tert-OH is 1. The number of carbonyl (C=O) groups excluding carboxylic acids is 1. The number of ketones is 1. The Labute approximate surface area is 62.2 Å². The van der Waals surface area contributed by atoms with E-state index in [1.54, 1.807) is 6.92 Å². The second-order valence-electron chi connectivity index (χ2n) is 2.70. The van der Waals surface area contributed by atoms with Crippen molar-refractivity contribution >= 4 is 5.78 Å². The zero-order valence-electron chi connectivity index (χ0n) is 6.76. The van der Waals surface area contributed by atoms with Gasteiger partial charge in [-0.05, 0) is 13.3 Å². The Kier molecular flexibility index (Phi) is 5.22. The van der Waals surface area contributed by atoms with Gasteiger partial charge in [0.1, 0.15) is 5.78 Å². The van der Waals surface area contributed by atoms with Crippen LogP contribution in [-0.4, -0.2) is 17.0 Å². The summed E-state index contributed by atoms with van der Waals surface area (Å²) in [5, 5.41) is 8.80. The van der Waals surface area contributed by atoms with Gasteiger partial charge in [-0.25, -0.2) is 0 Å².